The normalized spacial score (nSPS) is 13.5. The summed E-state index contributed by atoms with van der Waals surface area (Å²) < 4.78 is 0. The van der Waals surface area contributed by atoms with Crippen LogP contribution in [0.5, 0.6) is 0 Å². The number of nitrogens with two attached hydrogens (primary N) is 1. The third-order valence-corrected chi connectivity index (χ3v) is 3.47. The molecule has 122 valence electrons. The van der Waals surface area contributed by atoms with Gasteiger partial charge in [0.25, 0.3) is 0 Å². The molecule has 22 heavy (non-hydrogen) atoms. The average Bonchev–Trinajstić information content (AvgIpc) is 2.48. The van der Waals surface area contributed by atoms with Gasteiger partial charge in [0.15, 0.2) is 0 Å². The zero-order valence-electron chi connectivity index (χ0n) is 13.6. The molecule has 1 aromatic rings. The molecule has 1 aromatic carbocycles. The Morgan fingerprint density at radius 3 is 2.14 bits per heavy atom. The number of hydrogen-bond donors (Lipinski definition) is 4. The number of benzene rings is 1. The monoisotopic (exact) mass is 306 g/mol. The number of anilines is 1. The predicted octanol–water partition coefficient (Wildman–Crippen LogP) is 0.833. The highest BCUT2D eigenvalue weighted by Crippen LogP contribution is 2.09. The predicted molar refractivity (Wildman–Crippen MR) is 88.3 cm³/mol. The highest BCUT2D eigenvalue weighted by molar-refractivity contribution is 5.97. The van der Waals surface area contributed by atoms with Crippen molar-refractivity contribution in [2.24, 2.45) is 11.7 Å². The van der Waals surface area contributed by atoms with E-state index in [1.807, 2.05) is 26.0 Å². The third kappa shape index (κ3) is 5.13. The highest BCUT2D eigenvalue weighted by atomic mass is 16.2. The molecule has 0 spiro atoms. The van der Waals surface area contributed by atoms with E-state index in [1.165, 1.54) is 0 Å². The quantitative estimate of drug-likeness (QED) is 0.600. The summed E-state index contributed by atoms with van der Waals surface area (Å²) in [5.74, 6) is -0.296. The zero-order valence-corrected chi connectivity index (χ0v) is 13.6. The maximum atomic E-state index is 12.1. The van der Waals surface area contributed by atoms with Gasteiger partial charge in [-0.3, -0.25) is 9.59 Å². The van der Waals surface area contributed by atoms with Crippen LogP contribution in [0.1, 0.15) is 26.3 Å². The smallest absolute Gasteiger partial charge is 0.246 e. The number of hydrogen-bond acceptors (Lipinski definition) is 4. The summed E-state index contributed by atoms with van der Waals surface area (Å²) in [5, 5.41) is 8.44. The molecule has 0 aliphatic carbocycles. The molecule has 0 unspecified atom stereocenters. The molecular weight excluding hydrogens is 280 g/mol. The summed E-state index contributed by atoms with van der Waals surface area (Å²) in [7, 11) is 1.73. The maximum Gasteiger partial charge on any atom is 0.246 e. The van der Waals surface area contributed by atoms with E-state index < -0.39 is 6.04 Å². The fraction of sp³-hybridized carbons (Fsp3) is 0.500. The lowest BCUT2D eigenvalue weighted by molar-refractivity contribution is -0.128. The minimum atomic E-state index is -0.615. The Kier molecular flexibility index (Phi) is 7.01. The molecule has 6 heteroatoms. The fourth-order valence-corrected chi connectivity index (χ4v) is 2.11. The van der Waals surface area contributed by atoms with Gasteiger partial charge in [-0.2, -0.15) is 0 Å². The van der Waals surface area contributed by atoms with Crippen molar-refractivity contribution < 1.29 is 9.59 Å². The maximum absolute atomic E-state index is 12.1. The van der Waals surface area contributed by atoms with Crippen molar-refractivity contribution in [1.82, 2.24) is 10.6 Å². The lowest BCUT2D eigenvalue weighted by Gasteiger charge is -2.22. The molecule has 5 N–H and O–H groups in total. The number of nitrogens with one attached hydrogen (secondary N) is 3. The number of rotatable bonds is 7. The van der Waals surface area contributed by atoms with Crippen LogP contribution >= 0.6 is 0 Å². The average molecular weight is 306 g/mol. The van der Waals surface area contributed by atoms with Crippen LogP contribution in [0.2, 0.25) is 0 Å². The molecule has 0 aliphatic rings. The van der Waals surface area contributed by atoms with E-state index in [0.717, 1.165) is 5.56 Å². The second kappa shape index (κ2) is 8.51. The summed E-state index contributed by atoms with van der Waals surface area (Å²) in [6.45, 7) is 6.02. The van der Waals surface area contributed by atoms with E-state index >= 15 is 0 Å². The Hall–Kier alpha value is -1.92. The van der Waals surface area contributed by atoms with E-state index in [-0.39, 0.29) is 23.8 Å². The summed E-state index contributed by atoms with van der Waals surface area (Å²) >= 11 is 0. The summed E-state index contributed by atoms with van der Waals surface area (Å²) in [5.41, 5.74) is 7.20. The second-order valence-electron chi connectivity index (χ2n) is 5.63. The van der Waals surface area contributed by atoms with Crippen molar-refractivity contribution in [3.8, 4) is 0 Å². The van der Waals surface area contributed by atoms with E-state index in [2.05, 4.69) is 16.0 Å². The van der Waals surface area contributed by atoms with Crippen LogP contribution in [0.25, 0.3) is 0 Å². The van der Waals surface area contributed by atoms with Crippen LogP contribution in [0.4, 0.5) is 5.69 Å². The minimum absolute atomic E-state index is 0.143. The van der Waals surface area contributed by atoms with Gasteiger partial charge in [0.1, 0.15) is 6.04 Å². The first kappa shape index (κ1) is 18.1. The first-order valence-corrected chi connectivity index (χ1v) is 7.46. The van der Waals surface area contributed by atoms with Crippen molar-refractivity contribution in [3.63, 3.8) is 0 Å². The number of amides is 2. The van der Waals surface area contributed by atoms with Crippen LogP contribution in [0.3, 0.4) is 0 Å². The van der Waals surface area contributed by atoms with Crippen molar-refractivity contribution in [3.05, 3.63) is 29.8 Å². The molecule has 0 saturated carbocycles. The van der Waals surface area contributed by atoms with E-state index in [4.69, 9.17) is 5.73 Å². The van der Waals surface area contributed by atoms with Crippen LogP contribution in [-0.4, -0.2) is 30.9 Å². The molecule has 0 radical (unpaired) electrons. The molecule has 2 atom stereocenters. The van der Waals surface area contributed by atoms with Gasteiger partial charge in [-0.05, 0) is 37.6 Å². The van der Waals surface area contributed by atoms with Crippen molar-refractivity contribution in [2.75, 3.05) is 12.4 Å². The van der Waals surface area contributed by atoms with Gasteiger partial charge >= 0.3 is 0 Å². The molecule has 0 saturated heterocycles. The first-order chi connectivity index (χ1) is 10.4. The SMILES string of the molecule is CN[C@H](C(=O)N[C@@H](C)C(=O)Nc1ccc(CN)cc1)C(C)C. The molecule has 1 rings (SSSR count). The summed E-state index contributed by atoms with van der Waals surface area (Å²) in [6, 6.07) is 6.36. The standard InChI is InChI=1S/C16H26N4O2/c1-10(2)14(18-4)16(22)19-11(3)15(21)20-13-7-5-12(9-17)6-8-13/h5-8,10-11,14,18H,9,17H2,1-4H3,(H,19,22)(H,20,21)/t11-,14-/m0/s1. The lowest BCUT2D eigenvalue weighted by Crippen LogP contribution is -2.51. The lowest BCUT2D eigenvalue weighted by atomic mass is 10.0. The van der Waals surface area contributed by atoms with Gasteiger partial charge in [-0.25, -0.2) is 0 Å². The molecular formula is C16H26N4O2. The van der Waals surface area contributed by atoms with E-state index in [9.17, 15) is 9.59 Å². The number of carbonyl (C=O) groups excluding carboxylic acids is 2. The molecule has 0 bridgehead atoms. The first-order valence-electron chi connectivity index (χ1n) is 7.46. The topological polar surface area (TPSA) is 96.2 Å². The molecule has 2 amide bonds. The van der Waals surface area contributed by atoms with Crippen LogP contribution < -0.4 is 21.7 Å². The van der Waals surface area contributed by atoms with Crippen LogP contribution in [-0.2, 0) is 16.1 Å². The van der Waals surface area contributed by atoms with Gasteiger partial charge in [0, 0.05) is 12.2 Å². The number of carbonyl (C=O) groups is 2. The van der Waals surface area contributed by atoms with Crippen molar-refractivity contribution in [1.29, 1.82) is 0 Å². The van der Waals surface area contributed by atoms with Gasteiger partial charge in [0.05, 0.1) is 6.04 Å². The van der Waals surface area contributed by atoms with E-state index in [0.29, 0.717) is 12.2 Å². The Bertz CT molecular complexity index is 499. The fourth-order valence-electron chi connectivity index (χ4n) is 2.11. The summed E-state index contributed by atoms with van der Waals surface area (Å²) in [6.07, 6.45) is 0. The molecule has 0 heterocycles. The van der Waals surface area contributed by atoms with Gasteiger partial charge in [-0.15, -0.1) is 0 Å². The Balaban J connectivity index is 2.59. The van der Waals surface area contributed by atoms with Crippen LogP contribution in [0, 0.1) is 5.92 Å². The summed E-state index contributed by atoms with van der Waals surface area (Å²) in [4.78, 5) is 24.2. The second-order valence-corrected chi connectivity index (χ2v) is 5.63. The minimum Gasteiger partial charge on any atom is -0.343 e. The van der Waals surface area contributed by atoms with Crippen molar-refractivity contribution in [2.45, 2.75) is 39.4 Å². The van der Waals surface area contributed by atoms with Crippen LogP contribution in [0.15, 0.2) is 24.3 Å². The van der Waals surface area contributed by atoms with E-state index in [1.54, 1.807) is 26.1 Å². The van der Waals surface area contributed by atoms with Gasteiger partial charge in [0.2, 0.25) is 11.8 Å². The molecule has 0 aliphatic heterocycles. The zero-order chi connectivity index (χ0) is 16.7. The third-order valence-electron chi connectivity index (χ3n) is 3.47. The highest BCUT2D eigenvalue weighted by Gasteiger charge is 2.23. The molecule has 6 nitrogen and oxygen atoms in total. The van der Waals surface area contributed by atoms with Gasteiger partial charge < -0.3 is 21.7 Å². The van der Waals surface area contributed by atoms with Gasteiger partial charge in [-0.1, -0.05) is 26.0 Å². The molecule has 0 aromatic heterocycles. The Morgan fingerprint density at radius 1 is 1.09 bits per heavy atom. The van der Waals surface area contributed by atoms with Crippen molar-refractivity contribution >= 4 is 17.5 Å². The Morgan fingerprint density at radius 2 is 1.68 bits per heavy atom. The molecule has 0 fully saturated rings. The Labute approximate surface area is 131 Å². The number of likely N-dealkylation sites (N-methyl/N-ethyl adjacent to an activating group) is 1. The largest absolute Gasteiger partial charge is 0.343 e.